The second-order valence-corrected chi connectivity index (χ2v) is 0.976. The zero-order valence-corrected chi connectivity index (χ0v) is 4.31. The minimum Gasteiger partial charge on any atom is -0.349 e. The number of nitrogens with one attached hydrogen (secondary N) is 1. The van der Waals surface area contributed by atoms with Gasteiger partial charge in [0.15, 0.2) is 0 Å². The maximum Gasteiger partial charge on any atom is 0.303 e. The summed E-state index contributed by atoms with van der Waals surface area (Å²) < 4.78 is 0. The van der Waals surface area contributed by atoms with Crippen LogP contribution in [0.4, 0.5) is 0 Å². The molecular formula is C2H3N7. The first-order valence-corrected chi connectivity index (χ1v) is 1.81. The molecule has 0 radical (unpaired) electrons. The number of hydrogen-bond acceptors (Lipinski definition) is 3. The largest absolute Gasteiger partial charge is 0.349 e. The highest BCUT2D eigenvalue weighted by molar-refractivity contribution is 5.75. The maximum absolute atomic E-state index is 8.02. The fraction of sp³-hybridized carbons (Fsp3) is 0. The van der Waals surface area contributed by atoms with Crippen LogP contribution in [0.1, 0.15) is 0 Å². The lowest BCUT2D eigenvalue weighted by atomic mass is 10.9. The van der Waals surface area contributed by atoms with E-state index >= 15 is 0 Å². The van der Waals surface area contributed by atoms with E-state index in [-0.39, 0.29) is 0 Å². The van der Waals surface area contributed by atoms with Crippen LogP contribution in [0.15, 0.2) is 5.22 Å². The van der Waals surface area contributed by atoms with E-state index in [2.05, 4.69) is 10.1 Å². The van der Waals surface area contributed by atoms with Crippen LogP contribution < -0.4 is 5.73 Å². The van der Waals surface area contributed by atoms with Gasteiger partial charge < -0.3 is 5.73 Å². The van der Waals surface area contributed by atoms with Crippen molar-refractivity contribution >= 4 is 5.96 Å². The van der Waals surface area contributed by atoms with Gasteiger partial charge in [0.1, 0.15) is 0 Å². The minimum absolute atomic E-state index is 0.347. The van der Waals surface area contributed by atoms with Crippen molar-refractivity contribution in [2.75, 3.05) is 0 Å². The molecule has 0 heterocycles. The molecule has 0 aliphatic heterocycles. The van der Waals surface area contributed by atoms with E-state index < -0.39 is 5.96 Å². The van der Waals surface area contributed by atoms with Crippen LogP contribution in [0.2, 0.25) is 0 Å². The van der Waals surface area contributed by atoms with E-state index in [1.807, 2.05) is 0 Å². The summed E-state index contributed by atoms with van der Waals surface area (Å²) >= 11 is 0. The molecule has 0 atom stereocenters. The van der Waals surface area contributed by atoms with Gasteiger partial charge in [-0.3, -0.25) is 0 Å². The second-order valence-electron chi connectivity index (χ2n) is 0.976. The maximum atomic E-state index is 8.02. The number of nitrogens with zero attached hydrogens (tertiary/aromatic N) is 5. The van der Waals surface area contributed by atoms with E-state index in [4.69, 9.17) is 21.9 Å². The molecule has 0 unspecified atom stereocenters. The molecule has 0 aliphatic rings. The van der Waals surface area contributed by atoms with Crippen molar-refractivity contribution in [2.24, 2.45) is 11.0 Å². The zero-order valence-electron chi connectivity index (χ0n) is 4.31. The first kappa shape index (κ1) is 7.07. The zero-order chi connectivity index (χ0) is 7.28. The van der Waals surface area contributed by atoms with Crippen LogP contribution in [-0.4, -0.2) is 11.0 Å². The van der Waals surface area contributed by atoms with Gasteiger partial charge in [-0.1, -0.05) is 5.01 Å². The Morgan fingerprint density at radius 3 is 2.67 bits per heavy atom. The van der Waals surface area contributed by atoms with E-state index in [0.29, 0.717) is 5.01 Å². The third-order valence-electron chi connectivity index (χ3n) is 0.452. The van der Waals surface area contributed by atoms with Crippen LogP contribution in [-0.2, 0) is 0 Å². The van der Waals surface area contributed by atoms with E-state index in [9.17, 15) is 0 Å². The SMILES string of the molecule is N#CN(N=[N+]=[N-])C(=N)N. The van der Waals surface area contributed by atoms with E-state index in [1.165, 1.54) is 6.19 Å². The average molecular weight is 125 g/mol. The molecule has 0 aliphatic carbocycles. The first-order chi connectivity index (χ1) is 4.22. The molecule has 7 nitrogen and oxygen atoms in total. The highest BCUT2D eigenvalue weighted by Gasteiger charge is 2.04. The molecule has 0 bridgehead atoms. The predicted molar refractivity (Wildman–Crippen MR) is 28.5 cm³/mol. The summed E-state index contributed by atoms with van der Waals surface area (Å²) in [5.41, 5.74) is 12.5. The Labute approximate surface area is 50.4 Å². The quantitative estimate of drug-likeness (QED) is 0.0741. The van der Waals surface area contributed by atoms with Crippen LogP contribution in [0.25, 0.3) is 10.4 Å². The molecule has 0 aromatic heterocycles. The standard InChI is InChI=1S/C2H3N7/c3-1-9(2(4)5)8-7-6/h(H3,4,5). The molecule has 46 valence electrons. The van der Waals surface area contributed by atoms with Gasteiger partial charge in [-0.15, -0.1) is 10.8 Å². The molecule has 0 saturated carbocycles. The molecule has 0 aromatic rings. The molecule has 0 fully saturated rings. The molecule has 0 aromatic carbocycles. The second kappa shape index (κ2) is 3.12. The molecule has 0 rings (SSSR count). The Morgan fingerprint density at radius 1 is 2.00 bits per heavy atom. The number of nitriles is 1. The lowest BCUT2D eigenvalue weighted by Crippen LogP contribution is -2.26. The van der Waals surface area contributed by atoms with Crippen molar-refractivity contribution in [3.63, 3.8) is 0 Å². The highest BCUT2D eigenvalue weighted by atomic mass is 15.6. The van der Waals surface area contributed by atoms with E-state index in [0.717, 1.165) is 0 Å². The van der Waals surface area contributed by atoms with Gasteiger partial charge in [0, 0.05) is 5.22 Å². The van der Waals surface area contributed by atoms with Crippen LogP contribution in [0, 0.1) is 16.9 Å². The number of azide groups is 1. The monoisotopic (exact) mass is 125 g/mol. The fourth-order valence-corrected chi connectivity index (χ4v) is 0.162. The molecular weight excluding hydrogens is 122 g/mol. The Bertz CT molecular complexity index is 189. The van der Waals surface area contributed by atoms with Crippen molar-refractivity contribution in [2.45, 2.75) is 0 Å². The van der Waals surface area contributed by atoms with Crippen molar-refractivity contribution in [3.05, 3.63) is 10.4 Å². The number of nitrogens with two attached hydrogens (primary N) is 1. The van der Waals surface area contributed by atoms with Crippen molar-refractivity contribution in [1.82, 2.24) is 5.01 Å². The van der Waals surface area contributed by atoms with Gasteiger partial charge in [0.05, 0.1) is 0 Å². The van der Waals surface area contributed by atoms with Crippen molar-refractivity contribution in [1.29, 1.82) is 10.7 Å². The minimum atomic E-state index is -0.602. The summed E-state index contributed by atoms with van der Waals surface area (Å²) in [5.74, 6) is -0.602. The summed E-state index contributed by atoms with van der Waals surface area (Å²) in [6, 6.07) is 0. The third kappa shape index (κ3) is 2.01. The Balaban J connectivity index is 4.21. The van der Waals surface area contributed by atoms with Crippen molar-refractivity contribution in [3.8, 4) is 6.19 Å². The van der Waals surface area contributed by atoms with Crippen LogP contribution in [0.5, 0.6) is 0 Å². The Hall–Kier alpha value is -1.93. The number of guanidine groups is 1. The third-order valence-corrected chi connectivity index (χ3v) is 0.452. The smallest absolute Gasteiger partial charge is 0.303 e. The summed E-state index contributed by atoms with van der Waals surface area (Å²) in [6.07, 6.45) is 1.37. The molecule has 0 spiro atoms. The topological polar surface area (TPSA) is 126 Å². The molecule has 9 heavy (non-hydrogen) atoms. The van der Waals surface area contributed by atoms with Gasteiger partial charge in [0.2, 0.25) is 0 Å². The fourth-order valence-electron chi connectivity index (χ4n) is 0.162. The normalized spacial score (nSPS) is 6.56. The summed E-state index contributed by atoms with van der Waals surface area (Å²) in [7, 11) is 0. The average Bonchev–Trinajstić information content (AvgIpc) is 1.82. The lowest BCUT2D eigenvalue weighted by molar-refractivity contribution is 0.599. The van der Waals surface area contributed by atoms with Crippen LogP contribution in [0.3, 0.4) is 0 Å². The molecule has 3 N–H and O–H groups in total. The predicted octanol–water partition coefficient (Wildman–Crippen LogP) is -0.112. The number of hydrogen-bond donors (Lipinski definition) is 2. The van der Waals surface area contributed by atoms with Gasteiger partial charge in [0.25, 0.3) is 0 Å². The van der Waals surface area contributed by atoms with Gasteiger partial charge in [-0.2, -0.15) is 4.91 Å². The molecule has 7 heteroatoms. The summed E-state index contributed by atoms with van der Waals surface area (Å²) in [5, 5.41) is 17.7. The molecule has 0 saturated heterocycles. The molecule has 0 amide bonds. The van der Waals surface area contributed by atoms with Gasteiger partial charge >= 0.3 is 12.2 Å². The number of rotatable bonds is 1. The summed E-state index contributed by atoms with van der Waals surface area (Å²) in [4.78, 5) is 2.24. The lowest BCUT2D eigenvalue weighted by Gasteiger charge is -1.94. The summed E-state index contributed by atoms with van der Waals surface area (Å²) in [6.45, 7) is 0. The van der Waals surface area contributed by atoms with Gasteiger partial charge in [-0.05, 0) is 0 Å². The van der Waals surface area contributed by atoms with E-state index in [1.54, 1.807) is 0 Å². The Kier molecular flexibility index (Phi) is 2.45. The Morgan fingerprint density at radius 2 is 2.56 bits per heavy atom. The first-order valence-electron chi connectivity index (χ1n) is 1.81. The van der Waals surface area contributed by atoms with Crippen molar-refractivity contribution < 1.29 is 0 Å². The van der Waals surface area contributed by atoms with Gasteiger partial charge in [-0.25, -0.2) is 5.41 Å². The van der Waals surface area contributed by atoms with Crippen LogP contribution >= 0.6 is 0 Å². The highest BCUT2D eigenvalue weighted by Crippen LogP contribution is 1.82.